The molecule has 1 aliphatic carbocycles. The number of rotatable bonds is 3. The van der Waals surface area contributed by atoms with Crippen LogP contribution >= 0.6 is 0 Å². The fourth-order valence-corrected chi connectivity index (χ4v) is 2.46. The Balaban J connectivity index is 2.21. The maximum atomic E-state index is 9.42. The van der Waals surface area contributed by atoms with Crippen LogP contribution in [0, 0.1) is 0 Å². The Morgan fingerprint density at radius 1 is 1.33 bits per heavy atom. The van der Waals surface area contributed by atoms with Crippen LogP contribution in [-0.4, -0.2) is 17.8 Å². The van der Waals surface area contributed by atoms with E-state index in [-0.39, 0.29) is 11.5 Å². The van der Waals surface area contributed by atoms with Crippen LogP contribution in [0.25, 0.3) is 0 Å². The summed E-state index contributed by atoms with van der Waals surface area (Å²) in [5, 5.41) is 9.42. The molecule has 0 aliphatic heterocycles. The number of hydrogen-bond acceptors (Lipinski definition) is 2. The maximum Gasteiger partial charge on any atom is 0.0558 e. The van der Waals surface area contributed by atoms with E-state index in [4.69, 9.17) is 5.73 Å². The maximum absolute atomic E-state index is 9.42. The summed E-state index contributed by atoms with van der Waals surface area (Å²) >= 11 is 0. The minimum Gasteiger partial charge on any atom is -0.393 e. The van der Waals surface area contributed by atoms with Crippen LogP contribution in [0.4, 0.5) is 0 Å². The molecule has 3 N–H and O–H groups in total. The lowest BCUT2D eigenvalue weighted by molar-refractivity contribution is 0.0221. The summed E-state index contributed by atoms with van der Waals surface area (Å²) in [5.41, 5.74) is 8.51. The first-order valence-electron chi connectivity index (χ1n) is 5.68. The van der Waals surface area contributed by atoms with Crippen LogP contribution in [-0.2, 0) is 11.8 Å². The molecule has 1 aromatic rings. The number of aryl methyl sites for hydroxylation is 1. The van der Waals surface area contributed by atoms with Crippen molar-refractivity contribution < 1.29 is 5.11 Å². The van der Waals surface area contributed by atoms with Gasteiger partial charge in [0.15, 0.2) is 0 Å². The third kappa shape index (κ3) is 1.80. The molecule has 2 heteroatoms. The third-order valence-electron chi connectivity index (χ3n) is 3.62. The minimum atomic E-state index is -0.153. The monoisotopic (exact) mass is 205 g/mol. The molecule has 0 saturated heterocycles. The molecule has 1 aliphatic rings. The zero-order valence-electron chi connectivity index (χ0n) is 9.24. The summed E-state index contributed by atoms with van der Waals surface area (Å²) in [6.45, 7) is 2.79. The van der Waals surface area contributed by atoms with Gasteiger partial charge in [0.25, 0.3) is 0 Å². The smallest absolute Gasteiger partial charge is 0.0558 e. The highest BCUT2D eigenvalue weighted by Gasteiger charge is 2.43. The van der Waals surface area contributed by atoms with Crippen molar-refractivity contribution >= 4 is 0 Å². The highest BCUT2D eigenvalue weighted by atomic mass is 16.3. The Hall–Kier alpha value is -0.860. The van der Waals surface area contributed by atoms with Gasteiger partial charge in [0.05, 0.1) is 6.10 Å². The normalized spacial score (nSPS) is 29.9. The van der Waals surface area contributed by atoms with Crippen molar-refractivity contribution in [3.63, 3.8) is 0 Å². The largest absolute Gasteiger partial charge is 0.393 e. The molecular weight excluding hydrogens is 186 g/mol. The molecular formula is C13H19NO. The molecule has 0 unspecified atom stereocenters. The van der Waals surface area contributed by atoms with Crippen molar-refractivity contribution in [3.8, 4) is 0 Å². The molecule has 0 heterocycles. The molecule has 82 valence electrons. The Bertz CT molecular complexity index is 325. The second-order valence-corrected chi connectivity index (χ2v) is 4.60. The zero-order chi connectivity index (χ0) is 10.9. The van der Waals surface area contributed by atoms with Crippen LogP contribution in [0.15, 0.2) is 24.3 Å². The molecule has 1 aromatic carbocycles. The summed E-state index contributed by atoms with van der Waals surface area (Å²) < 4.78 is 0. The van der Waals surface area contributed by atoms with Gasteiger partial charge in [-0.05, 0) is 30.4 Å². The number of aliphatic hydroxyl groups is 1. The molecule has 1 fully saturated rings. The summed E-state index contributed by atoms with van der Waals surface area (Å²) in [6, 6.07) is 8.66. The van der Waals surface area contributed by atoms with Gasteiger partial charge in [0, 0.05) is 12.0 Å². The van der Waals surface area contributed by atoms with E-state index in [0.29, 0.717) is 6.54 Å². The second kappa shape index (κ2) is 3.95. The Labute approximate surface area is 91.1 Å². The van der Waals surface area contributed by atoms with E-state index >= 15 is 0 Å². The second-order valence-electron chi connectivity index (χ2n) is 4.60. The topological polar surface area (TPSA) is 46.2 Å². The van der Waals surface area contributed by atoms with Crippen molar-refractivity contribution in [2.24, 2.45) is 5.73 Å². The van der Waals surface area contributed by atoms with Gasteiger partial charge in [0.2, 0.25) is 0 Å². The van der Waals surface area contributed by atoms with Gasteiger partial charge in [-0.25, -0.2) is 0 Å². The zero-order valence-corrected chi connectivity index (χ0v) is 9.24. The van der Waals surface area contributed by atoms with Crippen molar-refractivity contribution in [2.75, 3.05) is 6.54 Å². The van der Waals surface area contributed by atoms with E-state index in [2.05, 4.69) is 31.2 Å². The lowest BCUT2D eigenvalue weighted by atomic mass is 9.63. The molecule has 0 spiro atoms. The van der Waals surface area contributed by atoms with Gasteiger partial charge < -0.3 is 10.8 Å². The predicted octanol–water partition coefficient (Wildman–Crippen LogP) is 1.60. The molecule has 15 heavy (non-hydrogen) atoms. The van der Waals surface area contributed by atoms with Crippen LogP contribution in [0.5, 0.6) is 0 Å². The van der Waals surface area contributed by atoms with E-state index in [1.54, 1.807) is 0 Å². The minimum absolute atomic E-state index is 0.0473. The van der Waals surface area contributed by atoms with E-state index in [0.717, 1.165) is 19.3 Å². The van der Waals surface area contributed by atoms with Crippen molar-refractivity contribution in [2.45, 2.75) is 37.7 Å². The van der Waals surface area contributed by atoms with Gasteiger partial charge in [0.1, 0.15) is 0 Å². The molecule has 2 rings (SSSR count). The number of benzene rings is 1. The molecule has 0 atom stereocenters. The van der Waals surface area contributed by atoms with Gasteiger partial charge in [-0.15, -0.1) is 0 Å². The van der Waals surface area contributed by atoms with Crippen molar-refractivity contribution in [1.29, 1.82) is 0 Å². The SMILES string of the molecule is CCc1ccc(C2(CN)CC(O)C2)cc1. The van der Waals surface area contributed by atoms with Crippen LogP contribution in [0.3, 0.4) is 0 Å². The third-order valence-corrected chi connectivity index (χ3v) is 3.62. The number of aliphatic hydroxyl groups excluding tert-OH is 1. The average molecular weight is 205 g/mol. The molecule has 0 amide bonds. The first-order chi connectivity index (χ1) is 7.20. The molecule has 0 bridgehead atoms. The number of nitrogens with two attached hydrogens (primary N) is 1. The van der Waals surface area contributed by atoms with Crippen LogP contribution < -0.4 is 5.73 Å². The summed E-state index contributed by atoms with van der Waals surface area (Å²) in [5.74, 6) is 0. The van der Waals surface area contributed by atoms with E-state index in [1.807, 2.05) is 0 Å². The highest BCUT2D eigenvalue weighted by molar-refractivity contribution is 5.32. The lowest BCUT2D eigenvalue weighted by Gasteiger charge is -2.45. The van der Waals surface area contributed by atoms with Crippen molar-refractivity contribution in [1.82, 2.24) is 0 Å². The van der Waals surface area contributed by atoms with Gasteiger partial charge >= 0.3 is 0 Å². The fraction of sp³-hybridized carbons (Fsp3) is 0.538. The van der Waals surface area contributed by atoms with E-state index < -0.39 is 0 Å². The fourth-order valence-electron chi connectivity index (χ4n) is 2.46. The predicted molar refractivity (Wildman–Crippen MR) is 61.8 cm³/mol. The summed E-state index contributed by atoms with van der Waals surface area (Å²) in [7, 11) is 0. The van der Waals surface area contributed by atoms with Crippen LogP contribution in [0.1, 0.15) is 30.9 Å². The highest BCUT2D eigenvalue weighted by Crippen LogP contribution is 2.42. The van der Waals surface area contributed by atoms with Gasteiger partial charge in [-0.2, -0.15) is 0 Å². The molecule has 2 nitrogen and oxygen atoms in total. The average Bonchev–Trinajstić information content (AvgIpc) is 2.25. The standard InChI is InChI=1S/C13H19NO/c1-2-10-3-5-11(6-4-10)13(9-14)7-12(15)8-13/h3-6,12,15H,2,7-9,14H2,1H3. The van der Waals surface area contributed by atoms with Crippen LogP contribution in [0.2, 0.25) is 0 Å². The first kappa shape index (κ1) is 10.7. The molecule has 1 saturated carbocycles. The Morgan fingerprint density at radius 3 is 2.33 bits per heavy atom. The summed E-state index contributed by atoms with van der Waals surface area (Å²) in [4.78, 5) is 0. The van der Waals surface area contributed by atoms with Gasteiger partial charge in [-0.1, -0.05) is 31.2 Å². The Morgan fingerprint density at radius 2 is 1.93 bits per heavy atom. The van der Waals surface area contributed by atoms with Crippen molar-refractivity contribution in [3.05, 3.63) is 35.4 Å². The van der Waals surface area contributed by atoms with E-state index in [9.17, 15) is 5.11 Å². The molecule has 0 aromatic heterocycles. The van der Waals surface area contributed by atoms with Gasteiger partial charge in [-0.3, -0.25) is 0 Å². The lowest BCUT2D eigenvalue weighted by Crippen LogP contribution is -2.49. The number of hydrogen-bond donors (Lipinski definition) is 2. The van der Waals surface area contributed by atoms with E-state index in [1.165, 1.54) is 11.1 Å². The molecule has 0 radical (unpaired) electrons. The first-order valence-corrected chi connectivity index (χ1v) is 5.68. The quantitative estimate of drug-likeness (QED) is 0.787. The summed E-state index contributed by atoms with van der Waals surface area (Å²) in [6.07, 6.45) is 2.54. The Kier molecular flexibility index (Phi) is 2.81.